The normalized spacial score (nSPS) is 14.4. The number of fused-ring (bicyclic) bond motifs is 4. The maximum atomic E-state index is 12.7. The number of nitrogens with zero attached hydrogens (tertiary/aromatic N) is 4. The van der Waals surface area contributed by atoms with E-state index in [2.05, 4.69) is 15.4 Å². The topological polar surface area (TPSA) is 118 Å². The van der Waals surface area contributed by atoms with Crippen molar-refractivity contribution in [3.8, 4) is 16.9 Å². The predicted octanol–water partition coefficient (Wildman–Crippen LogP) is 3.14. The van der Waals surface area contributed by atoms with E-state index >= 15 is 0 Å². The molecule has 1 amide bonds. The molecule has 4 bridgehead atoms. The molecule has 0 unspecified atom stereocenters. The molecule has 2 N–H and O–H groups in total. The third kappa shape index (κ3) is 4.58. The maximum absolute atomic E-state index is 12.7. The number of hydrogen-bond acceptors (Lipinski definition) is 7. The molecule has 0 saturated carbocycles. The highest BCUT2D eigenvalue weighted by atomic mass is 16.6. The first-order chi connectivity index (χ1) is 15.2. The molecule has 1 aliphatic heterocycles. The summed E-state index contributed by atoms with van der Waals surface area (Å²) in [5.74, 6) is -0.245. The van der Waals surface area contributed by atoms with E-state index in [4.69, 9.17) is 9.47 Å². The second-order valence-corrected chi connectivity index (χ2v) is 8.40. The van der Waals surface area contributed by atoms with Gasteiger partial charge in [0.2, 0.25) is 0 Å². The number of rotatable bonds is 1. The fourth-order valence-corrected chi connectivity index (χ4v) is 3.36. The van der Waals surface area contributed by atoms with Crippen molar-refractivity contribution in [3.05, 3.63) is 42.2 Å². The van der Waals surface area contributed by atoms with E-state index in [-0.39, 0.29) is 24.5 Å². The van der Waals surface area contributed by atoms with Gasteiger partial charge in [-0.05, 0) is 44.5 Å². The summed E-state index contributed by atoms with van der Waals surface area (Å²) in [6.45, 7) is 6.53. The Morgan fingerprint density at radius 2 is 2.03 bits per heavy atom. The summed E-state index contributed by atoms with van der Waals surface area (Å²) in [4.78, 5) is 30.5. The second-order valence-electron chi connectivity index (χ2n) is 8.40. The average Bonchev–Trinajstić information content (AvgIpc) is 3.14. The van der Waals surface area contributed by atoms with Gasteiger partial charge in [0.15, 0.2) is 5.65 Å². The summed E-state index contributed by atoms with van der Waals surface area (Å²) >= 11 is 0. The smallest absolute Gasteiger partial charge is 0.410 e. The van der Waals surface area contributed by atoms with Crippen LogP contribution in [0.3, 0.4) is 0 Å². The van der Waals surface area contributed by atoms with Gasteiger partial charge >= 0.3 is 12.1 Å². The van der Waals surface area contributed by atoms with E-state index in [0.717, 1.165) is 11.1 Å². The van der Waals surface area contributed by atoms with Gasteiger partial charge in [-0.1, -0.05) is 6.07 Å². The first kappa shape index (κ1) is 21.4. The van der Waals surface area contributed by atoms with Crippen molar-refractivity contribution >= 4 is 23.5 Å². The van der Waals surface area contributed by atoms with Gasteiger partial charge in [-0.25, -0.2) is 19.1 Å². The molecule has 32 heavy (non-hydrogen) atoms. The van der Waals surface area contributed by atoms with Crippen molar-refractivity contribution in [1.29, 1.82) is 0 Å². The Balaban J connectivity index is 1.72. The van der Waals surface area contributed by atoms with E-state index in [1.807, 2.05) is 0 Å². The van der Waals surface area contributed by atoms with Crippen molar-refractivity contribution in [1.82, 2.24) is 19.5 Å². The number of carboxylic acid groups (broad SMARTS) is 1. The van der Waals surface area contributed by atoms with Crippen LogP contribution in [0.2, 0.25) is 0 Å². The van der Waals surface area contributed by atoms with Crippen molar-refractivity contribution in [3.63, 3.8) is 0 Å². The summed E-state index contributed by atoms with van der Waals surface area (Å²) in [6, 6.07) is 6.66. The SMILES string of the molecule is CC(C)(C)OC(=O)N1CCNc2ccn3ncc(c3n2)-c2ccc(C(=O)O)c(c2)OCC1. The quantitative estimate of drug-likeness (QED) is 0.594. The summed E-state index contributed by atoms with van der Waals surface area (Å²) in [6.07, 6.45) is 3.00. The molecule has 0 spiro atoms. The largest absolute Gasteiger partial charge is 0.491 e. The van der Waals surface area contributed by atoms with Gasteiger partial charge in [0.25, 0.3) is 0 Å². The fourth-order valence-electron chi connectivity index (χ4n) is 3.36. The highest BCUT2D eigenvalue weighted by molar-refractivity contribution is 5.92. The maximum Gasteiger partial charge on any atom is 0.410 e. The molecular formula is C22H25N5O5. The van der Waals surface area contributed by atoms with Gasteiger partial charge < -0.3 is 24.8 Å². The Morgan fingerprint density at radius 3 is 2.78 bits per heavy atom. The molecule has 10 nitrogen and oxygen atoms in total. The van der Waals surface area contributed by atoms with Crippen molar-refractivity contribution in [2.24, 2.45) is 0 Å². The molecule has 0 radical (unpaired) electrons. The minimum atomic E-state index is -1.10. The van der Waals surface area contributed by atoms with Crippen LogP contribution in [0.4, 0.5) is 10.6 Å². The number of carbonyl (C=O) groups excluding carboxylic acids is 1. The van der Waals surface area contributed by atoms with E-state index in [0.29, 0.717) is 24.6 Å². The number of hydrogen-bond donors (Lipinski definition) is 2. The Kier molecular flexibility index (Phi) is 5.60. The molecule has 0 fully saturated rings. The Bertz CT molecular complexity index is 1170. The molecule has 168 valence electrons. The summed E-state index contributed by atoms with van der Waals surface area (Å²) in [7, 11) is 0. The van der Waals surface area contributed by atoms with Crippen LogP contribution < -0.4 is 10.1 Å². The molecule has 4 rings (SSSR count). The number of carbonyl (C=O) groups is 2. The molecule has 0 aliphatic carbocycles. The summed E-state index contributed by atoms with van der Waals surface area (Å²) < 4.78 is 13.0. The monoisotopic (exact) mass is 439 g/mol. The highest BCUT2D eigenvalue weighted by Crippen LogP contribution is 2.30. The van der Waals surface area contributed by atoms with E-state index in [9.17, 15) is 14.7 Å². The molecule has 2 aromatic heterocycles. The average molecular weight is 439 g/mol. The van der Waals surface area contributed by atoms with E-state index in [1.165, 1.54) is 11.0 Å². The van der Waals surface area contributed by atoms with Gasteiger partial charge in [-0.15, -0.1) is 0 Å². The lowest BCUT2D eigenvalue weighted by Gasteiger charge is -2.27. The van der Waals surface area contributed by atoms with Crippen molar-refractivity contribution < 1.29 is 24.2 Å². The number of carboxylic acids is 1. The van der Waals surface area contributed by atoms with Gasteiger partial charge in [-0.3, -0.25) is 0 Å². The molecule has 0 saturated heterocycles. The number of anilines is 1. The van der Waals surface area contributed by atoms with E-state index < -0.39 is 17.7 Å². The Morgan fingerprint density at radius 1 is 1.22 bits per heavy atom. The number of nitrogens with one attached hydrogen (secondary N) is 1. The lowest BCUT2D eigenvalue weighted by atomic mass is 10.1. The number of ether oxygens (including phenoxy) is 2. The molecular weight excluding hydrogens is 414 g/mol. The van der Waals surface area contributed by atoms with Crippen LogP contribution in [0.15, 0.2) is 36.7 Å². The van der Waals surface area contributed by atoms with E-state index in [1.54, 1.807) is 55.9 Å². The Labute approximate surface area is 184 Å². The van der Waals surface area contributed by atoms with Crippen LogP contribution in [0.5, 0.6) is 5.75 Å². The minimum Gasteiger partial charge on any atom is -0.491 e. The molecule has 1 aliphatic rings. The zero-order chi connectivity index (χ0) is 22.9. The van der Waals surface area contributed by atoms with Gasteiger partial charge in [0, 0.05) is 24.8 Å². The van der Waals surface area contributed by atoms with Crippen LogP contribution in [-0.4, -0.2) is 68.5 Å². The number of aromatic carboxylic acids is 1. The summed E-state index contributed by atoms with van der Waals surface area (Å²) in [5.41, 5.74) is 1.50. The lowest BCUT2D eigenvalue weighted by Crippen LogP contribution is -2.41. The molecule has 3 aromatic rings. The molecule has 0 atom stereocenters. The van der Waals surface area contributed by atoms with Crippen LogP contribution in [0, 0.1) is 0 Å². The summed E-state index contributed by atoms with van der Waals surface area (Å²) in [5, 5.41) is 17.1. The Hall–Kier alpha value is -3.82. The van der Waals surface area contributed by atoms with Crippen molar-refractivity contribution in [2.45, 2.75) is 26.4 Å². The standard InChI is InChI=1S/C22H25N5O5/c1-22(2,3)32-21(30)26-9-7-23-18-6-8-27-19(25-18)16(13-24-27)14-4-5-15(20(28)29)17(12-14)31-11-10-26/h4-6,8,12-13H,7,9-11H2,1-3H3,(H,23,25)(H,28,29). The minimum absolute atomic E-state index is 0.0384. The van der Waals surface area contributed by atoms with Gasteiger partial charge in [-0.2, -0.15) is 5.10 Å². The molecule has 1 aromatic carbocycles. The predicted molar refractivity (Wildman–Crippen MR) is 117 cm³/mol. The van der Waals surface area contributed by atoms with Crippen LogP contribution >= 0.6 is 0 Å². The third-order valence-electron chi connectivity index (χ3n) is 4.85. The van der Waals surface area contributed by atoms with Crippen LogP contribution in [-0.2, 0) is 4.74 Å². The number of amides is 1. The lowest BCUT2D eigenvalue weighted by molar-refractivity contribution is 0.0233. The van der Waals surface area contributed by atoms with Crippen LogP contribution in [0.1, 0.15) is 31.1 Å². The number of aromatic nitrogens is 3. The fraction of sp³-hybridized carbons (Fsp3) is 0.364. The molecule has 10 heteroatoms. The molecule has 3 heterocycles. The van der Waals surface area contributed by atoms with Crippen molar-refractivity contribution in [2.75, 3.05) is 31.6 Å². The first-order valence-electron chi connectivity index (χ1n) is 10.3. The van der Waals surface area contributed by atoms with Gasteiger partial charge in [0.05, 0.1) is 12.7 Å². The second kappa shape index (κ2) is 8.37. The third-order valence-corrected chi connectivity index (χ3v) is 4.85. The van der Waals surface area contributed by atoms with Gasteiger partial charge in [0.1, 0.15) is 29.3 Å². The highest BCUT2D eigenvalue weighted by Gasteiger charge is 2.23. The first-order valence-corrected chi connectivity index (χ1v) is 10.3. The number of benzene rings is 1. The van der Waals surface area contributed by atoms with Crippen LogP contribution in [0.25, 0.3) is 16.8 Å². The zero-order valence-corrected chi connectivity index (χ0v) is 18.2. The zero-order valence-electron chi connectivity index (χ0n) is 18.2.